The Kier molecular flexibility index (Phi) is 3.47. The van der Waals surface area contributed by atoms with Gasteiger partial charge in [0.25, 0.3) is 0 Å². The third-order valence-electron chi connectivity index (χ3n) is 3.62. The van der Waals surface area contributed by atoms with Gasteiger partial charge in [0.2, 0.25) is 0 Å². The molecule has 0 spiro atoms. The molecule has 2 heterocycles. The molecule has 4 heteroatoms. The van der Waals surface area contributed by atoms with Gasteiger partial charge in [0.05, 0.1) is 21.4 Å². The maximum absolute atomic E-state index is 4.89. The van der Waals surface area contributed by atoms with E-state index in [-0.39, 0.29) is 12.4 Å². The van der Waals surface area contributed by atoms with E-state index in [2.05, 4.69) is 67.5 Å². The average Bonchev–Trinajstić information content (AvgIpc) is 2.82. The van der Waals surface area contributed by atoms with Crippen LogP contribution >= 0.6 is 23.7 Å². The Morgan fingerprint density at radius 3 is 2.33 bits per heavy atom. The number of benzene rings is 2. The largest absolute Gasteiger partial charge is 0.376 e. The summed E-state index contributed by atoms with van der Waals surface area (Å²) in [5.74, 6) is 0. The molecule has 2 aromatic carbocycles. The third kappa shape index (κ3) is 2.04. The van der Waals surface area contributed by atoms with Gasteiger partial charge in [-0.15, -0.1) is 23.7 Å². The van der Waals surface area contributed by atoms with E-state index in [4.69, 9.17) is 4.98 Å². The lowest BCUT2D eigenvalue weighted by Gasteiger charge is -2.16. The molecule has 21 heavy (non-hydrogen) atoms. The molecule has 0 saturated heterocycles. The van der Waals surface area contributed by atoms with Gasteiger partial charge < -0.3 is 4.90 Å². The van der Waals surface area contributed by atoms with E-state index in [0.29, 0.717) is 0 Å². The fraction of sp³-hybridized carbons (Fsp3) is 0.118. The third-order valence-corrected chi connectivity index (χ3v) is 4.79. The lowest BCUT2D eigenvalue weighted by atomic mass is 10.1. The van der Waals surface area contributed by atoms with Crippen molar-refractivity contribution in [2.75, 3.05) is 19.0 Å². The molecular formula is C17H15ClN2S. The highest BCUT2D eigenvalue weighted by Gasteiger charge is 2.15. The highest BCUT2D eigenvalue weighted by Crippen LogP contribution is 2.41. The molecule has 4 aromatic rings. The first-order chi connectivity index (χ1) is 9.75. The number of hydrogen-bond acceptors (Lipinski definition) is 3. The smallest absolute Gasteiger partial charge is 0.0917 e. The molecule has 0 fully saturated rings. The molecule has 0 bridgehead atoms. The van der Waals surface area contributed by atoms with Crippen LogP contribution in [0.25, 0.3) is 31.2 Å². The standard InChI is InChI=1S/C17H14N2S.ClH/c1-19(2)16-11-7-3-5-9-13(11)18-15-12-8-4-6-10-14(12)20-17(15)16;/h3-10H,1-2H3;1H. The highest BCUT2D eigenvalue weighted by molar-refractivity contribution is 7.26. The second-order valence-corrected chi connectivity index (χ2v) is 6.20. The van der Waals surface area contributed by atoms with Gasteiger partial charge in [-0.25, -0.2) is 4.98 Å². The number of nitrogens with zero attached hydrogens (tertiary/aromatic N) is 2. The van der Waals surface area contributed by atoms with Crippen LogP contribution in [0.3, 0.4) is 0 Å². The van der Waals surface area contributed by atoms with Gasteiger partial charge >= 0.3 is 0 Å². The first-order valence-corrected chi connectivity index (χ1v) is 7.44. The fourth-order valence-corrected chi connectivity index (χ4v) is 4.04. The van der Waals surface area contributed by atoms with Crippen molar-refractivity contribution in [2.45, 2.75) is 0 Å². The number of hydrogen-bond donors (Lipinski definition) is 0. The first kappa shape index (κ1) is 14.1. The van der Waals surface area contributed by atoms with E-state index < -0.39 is 0 Å². The summed E-state index contributed by atoms with van der Waals surface area (Å²) in [4.78, 5) is 7.09. The Hall–Kier alpha value is -1.84. The van der Waals surface area contributed by atoms with Crippen LogP contribution in [0.2, 0.25) is 0 Å². The van der Waals surface area contributed by atoms with Gasteiger partial charge in [-0.2, -0.15) is 0 Å². The molecule has 0 unspecified atom stereocenters. The molecule has 0 N–H and O–H groups in total. The van der Waals surface area contributed by atoms with Crippen molar-refractivity contribution in [3.63, 3.8) is 0 Å². The minimum absolute atomic E-state index is 0. The summed E-state index contributed by atoms with van der Waals surface area (Å²) in [5.41, 5.74) is 3.45. The van der Waals surface area contributed by atoms with E-state index in [1.807, 2.05) is 11.3 Å². The maximum atomic E-state index is 4.89. The summed E-state index contributed by atoms with van der Waals surface area (Å²) in [6.45, 7) is 0. The Labute approximate surface area is 133 Å². The number of thiophene rings is 1. The van der Waals surface area contributed by atoms with Crippen LogP contribution < -0.4 is 4.90 Å². The Bertz CT molecular complexity index is 943. The van der Waals surface area contributed by atoms with Crippen molar-refractivity contribution in [2.24, 2.45) is 0 Å². The summed E-state index contributed by atoms with van der Waals surface area (Å²) in [6, 6.07) is 16.9. The molecule has 0 radical (unpaired) electrons. The van der Waals surface area contributed by atoms with E-state index in [0.717, 1.165) is 11.0 Å². The maximum Gasteiger partial charge on any atom is 0.0917 e. The van der Waals surface area contributed by atoms with Crippen molar-refractivity contribution in [3.8, 4) is 0 Å². The fourth-order valence-electron chi connectivity index (χ4n) is 2.76. The molecule has 0 aliphatic carbocycles. The van der Waals surface area contributed by atoms with E-state index in [9.17, 15) is 0 Å². The van der Waals surface area contributed by atoms with Crippen LogP contribution in [0.4, 0.5) is 5.69 Å². The summed E-state index contributed by atoms with van der Waals surface area (Å²) in [6.07, 6.45) is 0. The Morgan fingerprint density at radius 1 is 0.905 bits per heavy atom. The quantitative estimate of drug-likeness (QED) is 0.486. The van der Waals surface area contributed by atoms with Gasteiger partial charge in [-0.3, -0.25) is 0 Å². The lowest BCUT2D eigenvalue weighted by Crippen LogP contribution is -2.09. The molecule has 0 atom stereocenters. The molecule has 0 aliphatic rings. The topological polar surface area (TPSA) is 16.1 Å². The van der Waals surface area contributed by atoms with Crippen LogP contribution in [0.1, 0.15) is 0 Å². The second-order valence-electron chi connectivity index (χ2n) is 5.15. The predicted octanol–water partition coefficient (Wildman–Crippen LogP) is 5.09. The summed E-state index contributed by atoms with van der Waals surface area (Å²) < 4.78 is 2.57. The Balaban J connectivity index is 0.00000132. The number of anilines is 1. The van der Waals surface area contributed by atoms with Gasteiger partial charge in [0.1, 0.15) is 0 Å². The van der Waals surface area contributed by atoms with Crippen molar-refractivity contribution in [1.82, 2.24) is 4.98 Å². The number of para-hydroxylation sites is 1. The summed E-state index contributed by atoms with van der Waals surface area (Å²) in [5, 5.41) is 2.47. The van der Waals surface area contributed by atoms with Crippen molar-refractivity contribution < 1.29 is 0 Å². The predicted molar refractivity (Wildman–Crippen MR) is 96.2 cm³/mol. The Morgan fingerprint density at radius 2 is 1.57 bits per heavy atom. The van der Waals surface area contributed by atoms with E-state index in [1.54, 1.807) is 0 Å². The molecular weight excluding hydrogens is 300 g/mol. The average molecular weight is 315 g/mol. The van der Waals surface area contributed by atoms with Crippen molar-refractivity contribution in [3.05, 3.63) is 48.5 Å². The molecule has 2 aromatic heterocycles. The number of rotatable bonds is 1. The van der Waals surface area contributed by atoms with Crippen LogP contribution in [0.15, 0.2) is 48.5 Å². The van der Waals surface area contributed by atoms with Gasteiger partial charge in [0, 0.05) is 29.6 Å². The van der Waals surface area contributed by atoms with Crippen LogP contribution in [-0.4, -0.2) is 19.1 Å². The zero-order valence-electron chi connectivity index (χ0n) is 11.8. The molecule has 0 aliphatic heterocycles. The van der Waals surface area contributed by atoms with Gasteiger partial charge in [0.15, 0.2) is 0 Å². The van der Waals surface area contributed by atoms with Gasteiger partial charge in [-0.05, 0) is 12.1 Å². The molecule has 106 valence electrons. The summed E-state index contributed by atoms with van der Waals surface area (Å²) in [7, 11) is 4.21. The number of fused-ring (bicyclic) bond motifs is 4. The molecule has 0 amide bonds. The minimum atomic E-state index is 0. The van der Waals surface area contributed by atoms with Crippen LogP contribution in [0, 0.1) is 0 Å². The highest BCUT2D eigenvalue weighted by atomic mass is 35.5. The monoisotopic (exact) mass is 314 g/mol. The van der Waals surface area contributed by atoms with E-state index >= 15 is 0 Å². The van der Waals surface area contributed by atoms with Crippen molar-refractivity contribution >= 4 is 60.6 Å². The normalized spacial score (nSPS) is 11.0. The number of halogens is 1. The van der Waals surface area contributed by atoms with Crippen LogP contribution in [-0.2, 0) is 0 Å². The first-order valence-electron chi connectivity index (χ1n) is 6.63. The SMILES string of the molecule is CN(C)c1c2ccccc2nc2c1sc1ccccc12.Cl. The van der Waals surface area contributed by atoms with Crippen LogP contribution in [0.5, 0.6) is 0 Å². The molecule has 2 nitrogen and oxygen atoms in total. The zero-order chi connectivity index (χ0) is 13.7. The number of pyridine rings is 1. The molecule has 0 saturated carbocycles. The zero-order valence-corrected chi connectivity index (χ0v) is 13.5. The lowest BCUT2D eigenvalue weighted by molar-refractivity contribution is 1.15. The number of aromatic nitrogens is 1. The second kappa shape index (κ2) is 5.17. The minimum Gasteiger partial charge on any atom is -0.376 e. The summed E-state index contributed by atoms with van der Waals surface area (Å²) >= 11 is 1.83. The molecule has 4 rings (SSSR count). The van der Waals surface area contributed by atoms with E-state index in [1.165, 1.54) is 25.9 Å². The van der Waals surface area contributed by atoms with Gasteiger partial charge in [-0.1, -0.05) is 36.4 Å². The van der Waals surface area contributed by atoms with Crippen molar-refractivity contribution in [1.29, 1.82) is 0 Å².